The van der Waals surface area contributed by atoms with Crippen molar-refractivity contribution in [3.63, 3.8) is 0 Å². The highest BCUT2D eigenvalue weighted by atomic mass is 15.4. The molecule has 2 heterocycles. The monoisotopic (exact) mass is 313 g/mol. The molecule has 0 radical (unpaired) electrons. The van der Waals surface area contributed by atoms with Crippen molar-refractivity contribution in [3.05, 3.63) is 77.9 Å². The van der Waals surface area contributed by atoms with Crippen LogP contribution in [-0.4, -0.2) is 25.0 Å². The molecule has 0 fully saturated rings. The molecule has 0 saturated carbocycles. The van der Waals surface area contributed by atoms with Crippen LogP contribution < -0.4 is 0 Å². The Bertz CT molecular complexity index is 1030. The quantitative estimate of drug-likeness (QED) is 0.579. The highest BCUT2D eigenvalue weighted by Crippen LogP contribution is 2.21. The maximum atomic E-state index is 4.31. The molecule has 0 aliphatic carbocycles. The van der Waals surface area contributed by atoms with Crippen LogP contribution in [0.5, 0.6) is 0 Å². The molecular weight excluding hydrogens is 298 g/mol. The van der Waals surface area contributed by atoms with Crippen LogP contribution >= 0.6 is 0 Å². The lowest BCUT2D eigenvalue weighted by atomic mass is 10.1. The molecule has 5 heteroatoms. The number of nitrogens with zero attached hydrogens (tertiary/aromatic N) is 5. The molecule has 0 atom stereocenters. The summed E-state index contributed by atoms with van der Waals surface area (Å²) in [6.07, 6.45) is 7.41. The van der Waals surface area contributed by atoms with Crippen LogP contribution in [0.25, 0.3) is 28.9 Å². The smallest absolute Gasteiger partial charge is 0.116 e. The standard InChI is InChI=1S/C19H15N5/c1-14-12-20-13-21-16(14)11-10-15-6-2-4-8-18(15)24-19-9-5-3-7-17(19)22-23-24/h2-13H,1H3/b11-10+. The second-order valence-electron chi connectivity index (χ2n) is 5.47. The molecule has 0 amide bonds. The van der Waals surface area contributed by atoms with Gasteiger partial charge in [-0.1, -0.05) is 41.6 Å². The number of aromatic nitrogens is 5. The third kappa shape index (κ3) is 2.56. The molecule has 0 unspecified atom stereocenters. The Balaban J connectivity index is 1.80. The van der Waals surface area contributed by atoms with Gasteiger partial charge in [-0.2, -0.15) is 0 Å². The minimum Gasteiger partial charge on any atom is -0.245 e. The molecule has 5 nitrogen and oxygen atoms in total. The predicted molar refractivity (Wildman–Crippen MR) is 94.6 cm³/mol. The van der Waals surface area contributed by atoms with Gasteiger partial charge in [-0.25, -0.2) is 14.6 Å². The van der Waals surface area contributed by atoms with Gasteiger partial charge in [-0.05, 0) is 36.8 Å². The lowest BCUT2D eigenvalue weighted by Gasteiger charge is -2.06. The zero-order chi connectivity index (χ0) is 16.4. The average molecular weight is 313 g/mol. The van der Waals surface area contributed by atoms with Gasteiger partial charge in [-0.3, -0.25) is 0 Å². The predicted octanol–water partition coefficient (Wildman–Crippen LogP) is 3.69. The van der Waals surface area contributed by atoms with E-state index in [-0.39, 0.29) is 0 Å². The molecule has 0 N–H and O–H groups in total. The molecule has 2 aromatic heterocycles. The van der Waals surface area contributed by atoms with E-state index < -0.39 is 0 Å². The first-order chi connectivity index (χ1) is 11.8. The van der Waals surface area contributed by atoms with Crippen molar-refractivity contribution in [2.45, 2.75) is 6.92 Å². The first kappa shape index (κ1) is 14.3. The summed E-state index contributed by atoms with van der Waals surface area (Å²) in [4.78, 5) is 8.33. The van der Waals surface area contributed by atoms with E-state index in [1.54, 1.807) is 6.33 Å². The third-order valence-electron chi connectivity index (χ3n) is 3.87. The Morgan fingerprint density at radius 3 is 2.71 bits per heavy atom. The van der Waals surface area contributed by atoms with Crippen molar-refractivity contribution in [3.8, 4) is 5.69 Å². The minimum absolute atomic E-state index is 0.878. The molecule has 0 aliphatic heterocycles. The number of fused-ring (bicyclic) bond motifs is 1. The van der Waals surface area contributed by atoms with Crippen molar-refractivity contribution in [1.82, 2.24) is 25.0 Å². The van der Waals surface area contributed by atoms with E-state index in [1.165, 1.54) is 0 Å². The molecule has 24 heavy (non-hydrogen) atoms. The lowest BCUT2D eigenvalue weighted by Crippen LogP contribution is -1.99. The van der Waals surface area contributed by atoms with Gasteiger partial charge in [0.25, 0.3) is 0 Å². The number of hydrogen-bond donors (Lipinski definition) is 0. The van der Waals surface area contributed by atoms with Crippen LogP contribution in [0.1, 0.15) is 16.8 Å². The molecule has 4 rings (SSSR count). The summed E-state index contributed by atoms with van der Waals surface area (Å²) in [7, 11) is 0. The first-order valence-corrected chi connectivity index (χ1v) is 7.67. The fraction of sp³-hybridized carbons (Fsp3) is 0.0526. The molecular formula is C19H15N5. The summed E-state index contributed by atoms with van der Waals surface area (Å²) in [5.41, 5.74) is 5.83. The second kappa shape index (κ2) is 6.04. The lowest BCUT2D eigenvalue weighted by molar-refractivity contribution is 0.823. The van der Waals surface area contributed by atoms with E-state index in [9.17, 15) is 0 Å². The summed E-state index contributed by atoms with van der Waals surface area (Å²) in [6, 6.07) is 16.0. The number of para-hydroxylation sites is 2. The fourth-order valence-corrected chi connectivity index (χ4v) is 2.62. The molecule has 0 spiro atoms. The van der Waals surface area contributed by atoms with E-state index in [1.807, 2.05) is 72.4 Å². The van der Waals surface area contributed by atoms with E-state index in [2.05, 4.69) is 26.3 Å². The van der Waals surface area contributed by atoms with Gasteiger partial charge < -0.3 is 0 Å². The van der Waals surface area contributed by atoms with Crippen LogP contribution in [-0.2, 0) is 0 Å². The maximum Gasteiger partial charge on any atom is 0.116 e. The van der Waals surface area contributed by atoms with Gasteiger partial charge in [0.2, 0.25) is 0 Å². The Labute approximate surface area is 139 Å². The topological polar surface area (TPSA) is 56.5 Å². The van der Waals surface area contributed by atoms with E-state index >= 15 is 0 Å². The van der Waals surface area contributed by atoms with Gasteiger partial charge in [-0.15, -0.1) is 5.10 Å². The molecule has 4 aromatic rings. The Morgan fingerprint density at radius 1 is 0.958 bits per heavy atom. The zero-order valence-corrected chi connectivity index (χ0v) is 13.2. The van der Waals surface area contributed by atoms with Crippen molar-refractivity contribution in [1.29, 1.82) is 0 Å². The number of rotatable bonds is 3. The molecule has 0 bridgehead atoms. The summed E-state index contributed by atoms with van der Waals surface area (Å²) in [6.45, 7) is 2.00. The molecule has 2 aromatic carbocycles. The average Bonchev–Trinajstić information content (AvgIpc) is 3.05. The van der Waals surface area contributed by atoms with E-state index in [0.29, 0.717) is 0 Å². The highest BCUT2D eigenvalue weighted by molar-refractivity contribution is 5.79. The zero-order valence-electron chi connectivity index (χ0n) is 13.2. The molecule has 0 aliphatic rings. The summed E-state index contributed by atoms with van der Waals surface area (Å²) < 4.78 is 1.86. The normalized spacial score (nSPS) is 11.4. The van der Waals surface area contributed by atoms with Crippen LogP contribution in [0.2, 0.25) is 0 Å². The van der Waals surface area contributed by atoms with Crippen molar-refractivity contribution >= 4 is 23.2 Å². The second-order valence-corrected chi connectivity index (χ2v) is 5.47. The SMILES string of the molecule is Cc1cncnc1/C=C/c1ccccc1-n1nnc2ccccc21. The van der Waals surface area contributed by atoms with Gasteiger partial charge in [0.05, 0.1) is 16.9 Å². The van der Waals surface area contributed by atoms with Crippen LogP contribution in [0, 0.1) is 6.92 Å². The van der Waals surface area contributed by atoms with E-state index in [4.69, 9.17) is 0 Å². The highest BCUT2D eigenvalue weighted by Gasteiger charge is 2.08. The van der Waals surface area contributed by atoms with Crippen molar-refractivity contribution in [2.75, 3.05) is 0 Å². The Kier molecular flexibility index (Phi) is 3.59. The first-order valence-electron chi connectivity index (χ1n) is 7.67. The number of hydrogen-bond acceptors (Lipinski definition) is 4. The summed E-state index contributed by atoms with van der Waals surface area (Å²) >= 11 is 0. The molecule has 0 saturated heterocycles. The Morgan fingerprint density at radius 2 is 1.79 bits per heavy atom. The van der Waals surface area contributed by atoms with Gasteiger partial charge in [0.1, 0.15) is 11.8 Å². The molecule has 116 valence electrons. The minimum atomic E-state index is 0.878. The van der Waals surface area contributed by atoms with E-state index in [0.717, 1.165) is 33.5 Å². The van der Waals surface area contributed by atoms with Gasteiger partial charge in [0.15, 0.2) is 0 Å². The van der Waals surface area contributed by atoms with Crippen molar-refractivity contribution in [2.24, 2.45) is 0 Å². The van der Waals surface area contributed by atoms with Crippen molar-refractivity contribution < 1.29 is 0 Å². The largest absolute Gasteiger partial charge is 0.245 e. The third-order valence-corrected chi connectivity index (χ3v) is 3.87. The number of benzene rings is 2. The van der Waals surface area contributed by atoms with Crippen LogP contribution in [0.3, 0.4) is 0 Å². The van der Waals surface area contributed by atoms with Gasteiger partial charge >= 0.3 is 0 Å². The summed E-state index contributed by atoms with van der Waals surface area (Å²) in [5, 5.41) is 8.54. The van der Waals surface area contributed by atoms with Gasteiger partial charge in [0, 0.05) is 11.8 Å². The summed E-state index contributed by atoms with van der Waals surface area (Å²) in [5.74, 6) is 0. The Hall–Kier alpha value is -3.34. The van der Waals surface area contributed by atoms with Crippen LogP contribution in [0.4, 0.5) is 0 Å². The maximum absolute atomic E-state index is 4.31. The number of aryl methyl sites for hydroxylation is 1. The fourth-order valence-electron chi connectivity index (χ4n) is 2.62. The van der Waals surface area contributed by atoms with Crippen LogP contribution in [0.15, 0.2) is 61.1 Å².